The summed E-state index contributed by atoms with van der Waals surface area (Å²) in [5.41, 5.74) is 24.3. The third-order valence-corrected chi connectivity index (χ3v) is 22.1. The molecular formula is C98H89BN4O. The van der Waals surface area contributed by atoms with Crippen LogP contribution in [-0.2, 0) is 27.1 Å². The molecule has 0 atom stereocenters. The molecule has 0 aliphatic carbocycles. The zero-order valence-electron chi connectivity index (χ0n) is 70.1. The molecule has 0 saturated heterocycles. The first kappa shape index (κ1) is 56.5. The first-order valence-electron chi connectivity index (χ1n) is 40.6. The molecule has 5 nitrogen and oxygen atoms in total. The van der Waals surface area contributed by atoms with E-state index in [4.69, 9.17) is 7.16 Å². The Morgan fingerprint density at radius 1 is 0.308 bits per heavy atom. The summed E-state index contributed by atoms with van der Waals surface area (Å²) in [6.07, 6.45) is 0. The molecule has 0 saturated carbocycles. The maximum atomic E-state index is 9.89. The third-order valence-electron chi connectivity index (χ3n) is 22.1. The molecule has 0 unspecified atom stereocenters. The van der Waals surface area contributed by atoms with Gasteiger partial charge < -0.3 is 23.4 Å². The van der Waals surface area contributed by atoms with E-state index in [0.29, 0.717) is 5.69 Å². The van der Waals surface area contributed by atoms with Crippen LogP contribution in [0.2, 0.25) is 0 Å². The van der Waals surface area contributed by atoms with Gasteiger partial charge in [-0.1, -0.05) is 268 Å². The Morgan fingerprint density at radius 2 is 0.760 bits per heavy atom. The quantitative estimate of drug-likeness (QED) is 0.149. The van der Waals surface area contributed by atoms with E-state index >= 15 is 0 Å². The lowest BCUT2D eigenvalue weighted by molar-refractivity contribution is 0.590. The second-order valence-corrected chi connectivity index (χ2v) is 34.0. The van der Waals surface area contributed by atoms with E-state index in [1.165, 1.54) is 27.5 Å². The minimum absolute atomic E-state index is 0.0115. The van der Waals surface area contributed by atoms with Crippen molar-refractivity contribution >= 4 is 123 Å². The fourth-order valence-electron chi connectivity index (χ4n) is 16.5. The number of para-hydroxylation sites is 3. The Bertz CT molecular complexity index is 6500. The smallest absolute Gasteiger partial charge is 0.252 e. The van der Waals surface area contributed by atoms with Crippen molar-refractivity contribution in [2.45, 2.75) is 131 Å². The van der Waals surface area contributed by atoms with Gasteiger partial charge >= 0.3 is 0 Å². The van der Waals surface area contributed by atoms with Crippen LogP contribution in [0.3, 0.4) is 0 Å². The van der Waals surface area contributed by atoms with E-state index in [1.807, 2.05) is 12.1 Å². The zero-order valence-corrected chi connectivity index (χ0v) is 62.1. The molecule has 0 amide bonds. The molecule has 2 aliphatic heterocycles. The second-order valence-electron chi connectivity index (χ2n) is 34.0. The summed E-state index contributed by atoms with van der Waals surface area (Å²) in [6, 6.07) is 76.7. The number of aromatic nitrogens is 2. The maximum absolute atomic E-state index is 9.89. The van der Waals surface area contributed by atoms with Crippen LogP contribution in [0.15, 0.2) is 271 Å². The maximum Gasteiger partial charge on any atom is 0.252 e. The van der Waals surface area contributed by atoms with E-state index in [1.54, 1.807) is 4.57 Å². The average molecular weight is 1360 g/mol. The summed E-state index contributed by atoms with van der Waals surface area (Å²) in [6.45, 7) is 33.7. The van der Waals surface area contributed by atoms with E-state index < -0.39 is 48.4 Å². The van der Waals surface area contributed by atoms with Crippen molar-refractivity contribution in [2.75, 3.05) is 9.80 Å². The van der Waals surface area contributed by atoms with Crippen LogP contribution in [-0.4, -0.2) is 15.8 Å². The van der Waals surface area contributed by atoms with Gasteiger partial charge in [0.1, 0.15) is 11.2 Å². The number of hydrogen-bond donors (Lipinski definition) is 0. The van der Waals surface area contributed by atoms with Crippen LogP contribution in [0.5, 0.6) is 0 Å². The molecule has 104 heavy (non-hydrogen) atoms. The summed E-state index contributed by atoms with van der Waals surface area (Å²) in [5.74, 6) is 0. The molecule has 0 radical (unpaired) electrons. The lowest BCUT2D eigenvalue weighted by Gasteiger charge is -2.46. The Morgan fingerprint density at radius 3 is 1.28 bits per heavy atom. The summed E-state index contributed by atoms with van der Waals surface area (Å²) < 4.78 is 87.1. The van der Waals surface area contributed by atoms with E-state index in [0.717, 1.165) is 134 Å². The summed E-state index contributed by atoms with van der Waals surface area (Å²) in [7, 11) is 0. The highest BCUT2D eigenvalue weighted by atomic mass is 16.3. The van der Waals surface area contributed by atoms with Gasteiger partial charge in [-0.05, 0) is 191 Å². The Balaban J connectivity index is 1.05. The van der Waals surface area contributed by atoms with Crippen LogP contribution >= 0.6 is 0 Å². The fourth-order valence-corrected chi connectivity index (χ4v) is 16.5. The van der Waals surface area contributed by atoms with Gasteiger partial charge in [-0.25, -0.2) is 0 Å². The van der Waals surface area contributed by atoms with Crippen LogP contribution in [0.4, 0.5) is 34.1 Å². The number of benzene rings is 13. The van der Waals surface area contributed by atoms with Crippen molar-refractivity contribution in [3.63, 3.8) is 0 Å². The van der Waals surface area contributed by atoms with Crippen molar-refractivity contribution in [2.24, 2.45) is 0 Å². The van der Waals surface area contributed by atoms with E-state index in [2.05, 4.69) is 324 Å². The number of hydrogen-bond acceptors (Lipinski definition) is 3. The monoisotopic (exact) mass is 1360 g/mol. The zero-order chi connectivity index (χ0) is 78.8. The molecular weight excluding hydrogens is 1260 g/mol. The predicted molar refractivity (Wildman–Crippen MR) is 446 cm³/mol. The van der Waals surface area contributed by atoms with E-state index in [-0.39, 0.29) is 55.6 Å². The number of nitrogens with zero attached hydrogens (tertiary/aromatic N) is 4. The highest BCUT2D eigenvalue weighted by Crippen LogP contribution is 2.56. The normalized spacial score (nSPS) is 14.5. The van der Waals surface area contributed by atoms with Gasteiger partial charge in [-0.3, -0.25) is 0 Å². The lowest BCUT2D eigenvalue weighted by atomic mass is 9.33. The standard InChI is InChI=1S/C98H89BN4O/c1-94(2,3)63-34-28-33-62(51-63)70-45-50-89-90(73-37-24-27-40-88(73)104-89)93(70)103-85-59-69(101-82-48-41-64(95(4,5)6)52-76(82)77-53-65(96(7,8)9)42-49-83(77)101)44-47-79(85)99-78-46-43-68(100-80-38-25-22-35-71(80)72-36-23-26-39-81(72)100)58-84(78)102(86-56-67(98(13,14)15)57-87(103)91(86)99)92-74(60-29-18-16-19-30-60)54-66(97(10,11)12)55-75(92)61-31-20-17-21-32-61/h16-59H,1-15H3/i22D,23D,25D,26D,35D,36D,38D,39D. The molecule has 16 aromatic rings. The van der Waals surface area contributed by atoms with Gasteiger partial charge in [0.25, 0.3) is 6.71 Å². The largest absolute Gasteiger partial charge is 0.456 e. The molecule has 2 aliphatic rings. The topological polar surface area (TPSA) is 29.5 Å². The summed E-state index contributed by atoms with van der Waals surface area (Å²) >= 11 is 0. The molecule has 18 rings (SSSR count). The summed E-state index contributed by atoms with van der Waals surface area (Å²) in [4.78, 5) is 5.05. The fraction of sp³-hybridized carbons (Fsp3) is 0.204. The minimum atomic E-state index is -0.517. The molecule has 0 N–H and O–H groups in total. The molecule has 6 heteroatoms. The molecule has 0 bridgehead atoms. The van der Waals surface area contributed by atoms with Crippen molar-refractivity contribution < 1.29 is 15.4 Å². The van der Waals surface area contributed by atoms with Crippen LogP contribution in [0, 0.1) is 0 Å². The molecule has 0 fully saturated rings. The van der Waals surface area contributed by atoms with Gasteiger partial charge in [0.2, 0.25) is 0 Å². The van der Waals surface area contributed by atoms with E-state index in [9.17, 15) is 8.22 Å². The first-order chi connectivity index (χ1) is 53.1. The SMILES string of the molecule is [2H]c1c([2H])c([2H])c2c(c1[2H])c1c([2H])c([2H])c([2H])c([2H])c1n2-c1ccc2c(c1)N(c1c(-c3ccccc3)cc(C(C)(C)C)cc1-c1ccccc1)c1cc(C(C)(C)C)cc3c1B2c1ccc(-n2c4ccc(C(C)(C)C)cc4c4cc(C(C)(C)C)ccc42)cc1N3c1c(-c2cccc(C(C)(C)C)c2)ccc2oc3ccccc3c12. The summed E-state index contributed by atoms with van der Waals surface area (Å²) in [5, 5.41) is 4.32. The van der Waals surface area contributed by atoms with Crippen molar-refractivity contribution in [3.8, 4) is 44.8 Å². The Kier molecular flexibility index (Phi) is 12.6. The third kappa shape index (κ3) is 10.3. The highest BCUT2D eigenvalue weighted by Gasteiger charge is 2.47. The lowest BCUT2D eigenvalue weighted by Crippen LogP contribution is -2.61. The molecule has 3 aromatic heterocycles. The van der Waals surface area contributed by atoms with Gasteiger partial charge in [-0.2, -0.15) is 0 Å². The average Bonchev–Trinajstić information content (AvgIpc) is 1.24. The van der Waals surface area contributed by atoms with Crippen molar-refractivity contribution in [1.82, 2.24) is 9.13 Å². The predicted octanol–water partition coefficient (Wildman–Crippen LogP) is 25.4. The van der Waals surface area contributed by atoms with Crippen molar-refractivity contribution in [3.05, 3.63) is 295 Å². The number of anilines is 6. The van der Waals surface area contributed by atoms with Crippen LogP contribution in [0.1, 0.15) is 143 Å². The Labute approximate surface area is 624 Å². The number of furan rings is 1. The molecule has 5 heterocycles. The van der Waals surface area contributed by atoms with Crippen molar-refractivity contribution in [1.29, 1.82) is 0 Å². The molecule has 0 spiro atoms. The molecule has 13 aromatic carbocycles. The van der Waals surface area contributed by atoms with Gasteiger partial charge in [-0.15, -0.1) is 0 Å². The minimum Gasteiger partial charge on any atom is -0.456 e. The number of fused-ring (bicyclic) bond motifs is 13. The first-order valence-corrected chi connectivity index (χ1v) is 36.6. The number of rotatable bonds is 7. The van der Waals surface area contributed by atoms with Gasteiger partial charge in [0.15, 0.2) is 0 Å². The second kappa shape index (κ2) is 23.2. The highest BCUT2D eigenvalue weighted by molar-refractivity contribution is 7.00. The Hall–Kier alpha value is -11.1. The van der Waals surface area contributed by atoms with Gasteiger partial charge in [0, 0.05) is 77.7 Å². The van der Waals surface area contributed by atoms with Gasteiger partial charge in [0.05, 0.1) is 49.8 Å². The van der Waals surface area contributed by atoms with Crippen LogP contribution in [0.25, 0.3) is 110 Å². The van der Waals surface area contributed by atoms with Crippen LogP contribution < -0.4 is 26.2 Å². The molecule has 510 valence electrons.